The number of hydrogen-bond donors (Lipinski definition) is 1. The third kappa shape index (κ3) is 4.34. The molecule has 3 heterocycles. The Morgan fingerprint density at radius 1 is 1.18 bits per heavy atom. The molecule has 2 aliphatic carbocycles. The number of ether oxygens (including phenoxy) is 1. The molecule has 8 nitrogen and oxygen atoms in total. The maximum atomic E-state index is 13.3. The van der Waals surface area contributed by atoms with Crippen LogP contribution < -0.4 is 10.1 Å². The first kappa shape index (κ1) is 24.9. The second-order valence-electron chi connectivity index (χ2n) is 11.5. The van der Waals surface area contributed by atoms with Crippen LogP contribution >= 0.6 is 0 Å². The summed E-state index contributed by atoms with van der Waals surface area (Å²) < 4.78 is 10.2. The van der Waals surface area contributed by atoms with Gasteiger partial charge in [0.15, 0.2) is 5.82 Å². The number of fused-ring (bicyclic) bond motifs is 2. The zero-order chi connectivity index (χ0) is 26.6. The third-order valence-corrected chi connectivity index (χ3v) is 8.62. The second-order valence-corrected chi connectivity index (χ2v) is 11.5. The van der Waals surface area contributed by atoms with Gasteiger partial charge >= 0.3 is 0 Å². The number of rotatable bonds is 8. The van der Waals surface area contributed by atoms with Gasteiger partial charge in [-0.2, -0.15) is 0 Å². The van der Waals surface area contributed by atoms with Crippen LogP contribution in [0.4, 0.5) is 0 Å². The number of nitrogens with zero attached hydrogens (tertiary/aromatic N) is 5. The molecular weight excluding hydrogens is 476 g/mol. The maximum Gasteiger partial charge on any atom is 0.251 e. The number of methoxy groups -OCH3 is 1. The molecule has 200 valence electrons. The summed E-state index contributed by atoms with van der Waals surface area (Å²) in [5.74, 6) is 3.21. The zero-order valence-electron chi connectivity index (χ0n) is 23.1. The largest absolute Gasteiger partial charge is 0.494 e. The molecule has 0 bridgehead atoms. The van der Waals surface area contributed by atoms with Crippen molar-refractivity contribution in [3.63, 3.8) is 0 Å². The standard InChI is InChI=1S/C30H38N6O2/c1-18-8-11-21(26(18)34(2)3)16-32-30(37)22-13-23-27(25(15-22)38-5)35(4)29(33-23)24-14-20-7-6-12-31-28(20)36(24)17-19-9-10-19/h6-7,12-15,18-19,21,26H,8-11,16-17H2,1-5H3,(H,32,37). The summed E-state index contributed by atoms with van der Waals surface area (Å²) in [5.41, 5.74) is 4.25. The van der Waals surface area contributed by atoms with Crippen molar-refractivity contribution in [3.05, 3.63) is 42.1 Å². The monoisotopic (exact) mass is 514 g/mol. The lowest BCUT2D eigenvalue weighted by atomic mass is 9.97. The van der Waals surface area contributed by atoms with Crippen LogP contribution in [0, 0.1) is 17.8 Å². The molecule has 0 aliphatic heterocycles. The van der Waals surface area contributed by atoms with Gasteiger partial charge in [-0.15, -0.1) is 0 Å². The van der Waals surface area contributed by atoms with Crippen molar-refractivity contribution >= 4 is 28.0 Å². The zero-order valence-corrected chi connectivity index (χ0v) is 23.1. The number of carbonyl (C=O) groups excluding carboxylic acids is 1. The number of carbonyl (C=O) groups is 1. The summed E-state index contributed by atoms with van der Waals surface area (Å²) in [6.45, 7) is 3.93. The Labute approximate surface area is 224 Å². The van der Waals surface area contributed by atoms with Crippen LogP contribution in [0.1, 0.15) is 43.0 Å². The summed E-state index contributed by atoms with van der Waals surface area (Å²) in [5, 5.41) is 4.31. The molecule has 1 aromatic carbocycles. The molecule has 0 spiro atoms. The van der Waals surface area contributed by atoms with E-state index in [1.165, 1.54) is 19.3 Å². The Kier molecular flexibility index (Phi) is 6.38. The van der Waals surface area contributed by atoms with Crippen molar-refractivity contribution in [1.29, 1.82) is 0 Å². The van der Waals surface area contributed by atoms with Crippen molar-refractivity contribution in [2.24, 2.45) is 24.8 Å². The molecule has 2 saturated carbocycles. The SMILES string of the molecule is COc1cc(C(=O)NCC2CCC(C)C2N(C)C)cc2nc(-c3cc4cccnc4n3CC3CC3)n(C)c12. The van der Waals surface area contributed by atoms with Crippen LogP contribution in [0.25, 0.3) is 33.6 Å². The first-order chi connectivity index (χ1) is 18.4. The third-order valence-electron chi connectivity index (χ3n) is 8.62. The van der Waals surface area contributed by atoms with E-state index in [0.29, 0.717) is 41.7 Å². The molecule has 4 aromatic rings. The lowest BCUT2D eigenvalue weighted by Gasteiger charge is -2.29. The maximum absolute atomic E-state index is 13.3. The van der Waals surface area contributed by atoms with Gasteiger partial charge in [-0.25, -0.2) is 9.97 Å². The lowest BCUT2D eigenvalue weighted by molar-refractivity contribution is 0.0936. The van der Waals surface area contributed by atoms with E-state index in [1.54, 1.807) is 7.11 Å². The summed E-state index contributed by atoms with van der Waals surface area (Å²) in [7, 11) is 7.94. The molecule has 3 aromatic heterocycles. The predicted octanol–water partition coefficient (Wildman–Crippen LogP) is 4.71. The summed E-state index contributed by atoms with van der Waals surface area (Å²) in [6.07, 6.45) is 6.71. The highest BCUT2D eigenvalue weighted by atomic mass is 16.5. The van der Waals surface area contributed by atoms with E-state index in [2.05, 4.69) is 57.5 Å². The second kappa shape index (κ2) is 9.73. The number of imidazole rings is 1. The Bertz CT molecular complexity index is 1500. The Morgan fingerprint density at radius 2 is 2.00 bits per heavy atom. The normalized spacial score (nSPS) is 21.6. The molecular formula is C30H38N6O2. The van der Waals surface area contributed by atoms with E-state index < -0.39 is 0 Å². The van der Waals surface area contributed by atoms with Crippen LogP contribution in [0.15, 0.2) is 36.5 Å². The molecule has 0 radical (unpaired) electrons. The van der Waals surface area contributed by atoms with Gasteiger partial charge in [0, 0.05) is 43.3 Å². The van der Waals surface area contributed by atoms with Crippen molar-refractivity contribution in [2.75, 3.05) is 27.7 Å². The van der Waals surface area contributed by atoms with E-state index in [9.17, 15) is 4.79 Å². The first-order valence-electron chi connectivity index (χ1n) is 13.8. The van der Waals surface area contributed by atoms with E-state index in [0.717, 1.165) is 46.6 Å². The molecule has 1 amide bonds. The molecule has 0 saturated heterocycles. The topological polar surface area (TPSA) is 77.2 Å². The molecule has 2 aliphatic rings. The fourth-order valence-corrected chi connectivity index (χ4v) is 6.60. The fourth-order valence-electron chi connectivity index (χ4n) is 6.60. The average molecular weight is 515 g/mol. The minimum absolute atomic E-state index is 0.0819. The lowest BCUT2D eigenvalue weighted by Crippen LogP contribution is -2.41. The average Bonchev–Trinajstić information content (AvgIpc) is 3.42. The highest BCUT2D eigenvalue weighted by Crippen LogP contribution is 2.37. The van der Waals surface area contributed by atoms with E-state index in [1.807, 2.05) is 31.4 Å². The van der Waals surface area contributed by atoms with E-state index in [4.69, 9.17) is 9.72 Å². The number of benzene rings is 1. The summed E-state index contributed by atoms with van der Waals surface area (Å²) >= 11 is 0. The van der Waals surface area contributed by atoms with Gasteiger partial charge in [0.2, 0.25) is 0 Å². The molecule has 2 fully saturated rings. The molecule has 3 atom stereocenters. The van der Waals surface area contributed by atoms with Gasteiger partial charge < -0.3 is 24.1 Å². The Balaban J connectivity index is 1.34. The highest BCUT2D eigenvalue weighted by molar-refractivity contribution is 6.00. The molecule has 1 N–H and O–H groups in total. The molecule has 3 unspecified atom stereocenters. The minimum Gasteiger partial charge on any atom is -0.494 e. The Hall–Kier alpha value is -3.39. The minimum atomic E-state index is -0.0819. The van der Waals surface area contributed by atoms with Gasteiger partial charge in [0.05, 0.1) is 18.3 Å². The van der Waals surface area contributed by atoms with Crippen molar-refractivity contribution in [1.82, 2.24) is 29.3 Å². The van der Waals surface area contributed by atoms with Crippen LogP contribution in [0.3, 0.4) is 0 Å². The number of aromatic nitrogens is 4. The predicted molar refractivity (Wildman–Crippen MR) is 150 cm³/mol. The van der Waals surface area contributed by atoms with Gasteiger partial charge in [-0.3, -0.25) is 4.79 Å². The van der Waals surface area contributed by atoms with Crippen LogP contribution in [-0.2, 0) is 13.6 Å². The van der Waals surface area contributed by atoms with Crippen LogP contribution in [0.5, 0.6) is 5.75 Å². The van der Waals surface area contributed by atoms with Crippen molar-refractivity contribution < 1.29 is 9.53 Å². The smallest absolute Gasteiger partial charge is 0.251 e. The first-order valence-corrected chi connectivity index (χ1v) is 13.8. The van der Waals surface area contributed by atoms with Gasteiger partial charge in [-0.05, 0) is 87.9 Å². The number of nitrogens with one attached hydrogen (secondary N) is 1. The number of aryl methyl sites for hydroxylation is 1. The van der Waals surface area contributed by atoms with Crippen LogP contribution in [-0.4, -0.2) is 63.7 Å². The molecule has 8 heteroatoms. The highest BCUT2D eigenvalue weighted by Gasteiger charge is 2.35. The number of pyridine rings is 1. The number of amides is 1. The van der Waals surface area contributed by atoms with Gasteiger partial charge in [0.25, 0.3) is 5.91 Å². The number of hydrogen-bond acceptors (Lipinski definition) is 5. The van der Waals surface area contributed by atoms with E-state index in [-0.39, 0.29) is 5.91 Å². The van der Waals surface area contributed by atoms with Crippen molar-refractivity contribution in [3.8, 4) is 17.3 Å². The molecule has 6 rings (SSSR count). The van der Waals surface area contributed by atoms with Crippen molar-refractivity contribution in [2.45, 2.75) is 45.2 Å². The molecule has 38 heavy (non-hydrogen) atoms. The fraction of sp³-hybridized carbons (Fsp3) is 0.500. The van der Waals surface area contributed by atoms with Gasteiger partial charge in [0.1, 0.15) is 16.9 Å². The van der Waals surface area contributed by atoms with E-state index >= 15 is 0 Å². The Morgan fingerprint density at radius 3 is 2.74 bits per heavy atom. The quantitative estimate of drug-likeness (QED) is 0.368. The summed E-state index contributed by atoms with van der Waals surface area (Å²) in [4.78, 5) is 25.3. The summed E-state index contributed by atoms with van der Waals surface area (Å²) in [6, 6.07) is 10.5. The van der Waals surface area contributed by atoms with Crippen LogP contribution in [0.2, 0.25) is 0 Å². The van der Waals surface area contributed by atoms with Gasteiger partial charge in [-0.1, -0.05) is 6.92 Å².